The highest BCUT2D eigenvalue weighted by atomic mass is 19.3. The van der Waals surface area contributed by atoms with Gasteiger partial charge in [-0.2, -0.15) is 8.78 Å². The molecule has 0 aromatic rings. The first kappa shape index (κ1) is 12.6. The Morgan fingerprint density at radius 1 is 1.31 bits per heavy atom. The third-order valence-corrected chi connectivity index (χ3v) is 1.54. The van der Waals surface area contributed by atoms with Gasteiger partial charge in [-0.3, -0.25) is 0 Å². The molecule has 0 aromatic carbocycles. The molecule has 80 valence electrons. The Morgan fingerprint density at radius 3 is 2.08 bits per heavy atom. The van der Waals surface area contributed by atoms with E-state index in [0.717, 1.165) is 0 Å². The van der Waals surface area contributed by atoms with Crippen LogP contribution in [0.5, 0.6) is 0 Å². The summed E-state index contributed by atoms with van der Waals surface area (Å²) in [7, 11) is 0. The van der Waals surface area contributed by atoms with E-state index in [9.17, 15) is 17.6 Å². The van der Waals surface area contributed by atoms with Crippen molar-refractivity contribution in [1.29, 1.82) is 0 Å². The molecule has 0 saturated heterocycles. The molecule has 0 fully saturated rings. The van der Waals surface area contributed by atoms with Crippen molar-refractivity contribution in [3.8, 4) is 0 Å². The minimum absolute atomic E-state index is 0.885. The maximum Gasteiger partial charge on any atom is 0.330 e. The van der Waals surface area contributed by atoms with Crippen molar-refractivity contribution in [3.63, 3.8) is 0 Å². The first-order chi connectivity index (χ1) is 5.77. The fraction of sp³-hybridized carbons (Fsp3) is 1.00. The molecule has 0 amide bonds. The predicted molar refractivity (Wildman–Crippen MR) is 38.0 cm³/mol. The van der Waals surface area contributed by atoms with E-state index in [0.29, 0.717) is 0 Å². The van der Waals surface area contributed by atoms with Crippen LogP contribution in [0.1, 0.15) is 13.8 Å². The maximum absolute atomic E-state index is 12.2. The molecule has 0 rings (SSSR count). The highest BCUT2D eigenvalue weighted by Gasteiger charge is 2.41. The van der Waals surface area contributed by atoms with Crippen LogP contribution < -0.4 is 0 Å². The second-order valence-corrected chi connectivity index (χ2v) is 2.82. The summed E-state index contributed by atoms with van der Waals surface area (Å²) in [5.74, 6) is -4.15. The van der Waals surface area contributed by atoms with Crippen molar-refractivity contribution in [2.45, 2.75) is 38.4 Å². The number of aliphatic hydroxyl groups excluding tert-OH is 1. The van der Waals surface area contributed by atoms with Gasteiger partial charge in [-0.05, 0) is 13.8 Å². The lowest BCUT2D eigenvalue weighted by Gasteiger charge is -2.20. The Kier molecular flexibility index (Phi) is 4.63. The van der Waals surface area contributed by atoms with Crippen LogP contribution in [0.25, 0.3) is 0 Å². The van der Waals surface area contributed by atoms with E-state index in [-0.39, 0.29) is 0 Å². The zero-order valence-corrected chi connectivity index (χ0v) is 7.31. The molecule has 0 aliphatic heterocycles. The van der Waals surface area contributed by atoms with Crippen LogP contribution in [-0.2, 0) is 4.74 Å². The monoisotopic (exact) mass is 204 g/mol. The fourth-order valence-corrected chi connectivity index (χ4v) is 0.445. The standard InChI is InChI=1S/C7H12F4O2/c1-4(12)5(2)13-3-7(10,11)6(8)9/h4-6,12H,3H2,1-2H3/t4-,5?/m1/s1. The Bertz CT molecular complexity index is 149. The number of aliphatic hydroxyl groups is 1. The summed E-state index contributed by atoms with van der Waals surface area (Å²) in [4.78, 5) is 0. The van der Waals surface area contributed by atoms with E-state index in [4.69, 9.17) is 5.11 Å². The van der Waals surface area contributed by atoms with Gasteiger partial charge in [-0.25, -0.2) is 8.78 Å². The minimum atomic E-state index is -4.15. The zero-order chi connectivity index (χ0) is 10.6. The molecule has 2 atom stereocenters. The molecule has 0 aliphatic rings. The second kappa shape index (κ2) is 4.76. The molecule has 2 nitrogen and oxygen atoms in total. The molecule has 0 aliphatic carbocycles. The van der Waals surface area contributed by atoms with E-state index in [2.05, 4.69) is 4.74 Å². The van der Waals surface area contributed by atoms with Gasteiger partial charge in [0.25, 0.3) is 0 Å². The number of hydrogen-bond donors (Lipinski definition) is 1. The highest BCUT2D eigenvalue weighted by Crippen LogP contribution is 2.23. The number of ether oxygens (including phenoxy) is 1. The average molecular weight is 204 g/mol. The fourth-order valence-electron chi connectivity index (χ4n) is 0.445. The van der Waals surface area contributed by atoms with Crippen molar-refractivity contribution in [3.05, 3.63) is 0 Å². The van der Waals surface area contributed by atoms with E-state index in [1.165, 1.54) is 13.8 Å². The van der Waals surface area contributed by atoms with Crippen LogP contribution in [0.15, 0.2) is 0 Å². The summed E-state index contributed by atoms with van der Waals surface area (Å²) in [6.07, 6.45) is -5.59. The Labute approximate surface area is 73.5 Å². The Balaban J connectivity index is 3.88. The summed E-state index contributed by atoms with van der Waals surface area (Å²) in [6.45, 7) is 1.27. The summed E-state index contributed by atoms with van der Waals surface area (Å²) >= 11 is 0. The van der Waals surface area contributed by atoms with Crippen molar-refractivity contribution in [2.24, 2.45) is 0 Å². The van der Waals surface area contributed by atoms with Crippen LogP contribution >= 0.6 is 0 Å². The van der Waals surface area contributed by atoms with Gasteiger partial charge in [0.1, 0.15) is 6.61 Å². The third kappa shape index (κ3) is 4.42. The van der Waals surface area contributed by atoms with Gasteiger partial charge >= 0.3 is 12.3 Å². The molecule has 13 heavy (non-hydrogen) atoms. The van der Waals surface area contributed by atoms with Gasteiger partial charge in [0.05, 0.1) is 12.2 Å². The van der Waals surface area contributed by atoms with Gasteiger partial charge in [0.15, 0.2) is 0 Å². The summed E-state index contributed by atoms with van der Waals surface area (Å²) in [5.41, 5.74) is 0. The number of alkyl halides is 4. The number of rotatable bonds is 5. The van der Waals surface area contributed by atoms with Crippen molar-refractivity contribution >= 4 is 0 Å². The van der Waals surface area contributed by atoms with Crippen molar-refractivity contribution < 1.29 is 27.4 Å². The Morgan fingerprint density at radius 2 is 1.77 bits per heavy atom. The van der Waals surface area contributed by atoms with Gasteiger partial charge in [0.2, 0.25) is 0 Å². The maximum atomic E-state index is 12.2. The van der Waals surface area contributed by atoms with Crippen LogP contribution in [0.4, 0.5) is 17.6 Å². The molecular weight excluding hydrogens is 192 g/mol. The minimum Gasteiger partial charge on any atom is -0.391 e. The van der Waals surface area contributed by atoms with Crippen molar-refractivity contribution in [1.82, 2.24) is 0 Å². The molecule has 0 radical (unpaired) electrons. The number of hydrogen-bond acceptors (Lipinski definition) is 2. The first-order valence-corrected chi connectivity index (χ1v) is 3.73. The van der Waals surface area contributed by atoms with E-state index in [1.807, 2.05) is 0 Å². The highest BCUT2D eigenvalue weighted by molar-refractivity contribution is 4.69. The smallest absolute Gasteiger partial charge is 0.330 e. The summed E-state index contributed by atoms with van der Waals surface area (Å²) in [5, 5.41) is 8.80. The molecule has 6 heteroatoms. The molecule has 0 spiro atoms. The molecule has 0 heterocycles. The quantitative estimate of drug-likeness (QED) is 0.690. The van der Waals surface area contributed by atoms with E-state index < -0.39 is 31.2 Å². The van der Waals surface area contributed by atoms with Gasteiger partial charge < -0.3 is 9.84 Å². The van der Waals surface area contributed by atoms with Crippen molar-refractivity contribution in [2.75, 3.05) is 6.61 Å². The SMILES string of the molecule is CC(OCC(F)(F)C(F)F)[C@@H](C)O. The van der Waals surface area contributed by atoms with E-state index in [1.54, 1.807) is 0 Å². The summed E-state index contributed by atoms with van der Waals surface area (Å²) in [6, 6.07) is 0. The van der Waals surface area contributed by atoms with E-state index >= 15 is 0 Å². The largest absolute Gasteiger partial charge is 0.391 e. The van der Waals surface area contributed by atoms with Gasteiger partial charge in [-0.1, -0.05) is 0 Å². The average Bonchev–Trinajstić information content (AvgIpc) is 1.99. The topological polar surface area (TPSA) is 29.5 Å². The van der Waals surface area contributed by atoms with Crippen LogP contribution in [0.2, 0.25) is 0 Å². The Hall–Kier alpha value is -0.360. The van der Waals surface area contributed by atoms with Gasteiger partial charge in [0, 0.05) is 0 Å². The molecule has 1 N–H and O–H groups in total. The van der Waals surface area contributed by atoms with Crippen LogP contribution in [0, 0.1) is 0 Å². The second-order valence-electron chi connectivity index (χ2n) is 2.82. The van der Waals surface area contributed by atoms with Crippen LogP contribution in [0.3, 0.4) is 0 Å². The summed E-state index contributed by atoms with van der Waals surface area (Å²) < 4.78 is 51.9. The molecule has 0 bridgehead atoms. The molecule has 1 unspecified atom stereocenters. The normalized spacial score (nSPS) is 17.5. The molecular formula is C7H12F4O2. The lowest BCUT2D eigenvalue weighted by molar-refractivity contribution is -0.182. The lowest BCUT2D eigenvalue weighted by atomic mass is 10.2. The first-order valence-electron chi connectivity index (χ1n) is 3.73. The van der Waals surface area contributed by atoms with Gasteiger partial charge in [-0.15, -0.1) is 0 Å². The third-order valence-electron chi connectivity index (χ3n) is 1.54. The molecule has 0 aromatic heterocycles. The van der Waals surface area contributed by atoms with Crippen LogP contribution in [-0.4, -0.2) is 36.3 Å². The molecule has 0 saturated carbocycles. The predicted octanol–water partition coefficient (Wildman–Crippen LogP) is 1.67. The lowest BCUT2D eigenvalue weighted by Crippen LogP contribution is -2.36. The zero-order valence-electron chi connectivity index (χ0n) is 7.31. The number of halogens is 4.